The summed E-state index contributed by atoms with van der Waals surface area (Å²) in [5.41, 5.74) is -0.285. The van der Waals surface area contributed by atoms with Crippen molar-refractivity contribution in [3.05, 3.63) is 52.1 Å². The van der Waals surface area contributed by atoms with Gasteiger partial charge in [0.1, 0.15) is 23.3 Å². The standard InChI is InChI=1S/C20H19N5O6/c21-7-13-1-2-15(5-18(13)26)30-20(14-8-22-10-23(9-14)12-24(20)11-22)31-16-3-4-17(25(28)29)19(27)6-16/h1-6,14,26-27H,8-12H2. The molecule has 3 atom stereocenters. The van der Waals surface area contributed by atoms with Crippen molar-refractivity contribution in [3.8, 4) is 29.1 Å². The minimum atomic E-state index is -1.25. The molecular weight excluding hydrogens is 406 g/mol. The van der Waals surface area contributed by atoms with Crippen LogP contribution in [0.2, 0.25) is 0 Å². The first kappa shape index (κ1) is 19.4. The second-order valence-corrected chi connectivity index (χ2v) is 7.90. The number of nitrogens with zero attached hydrogens (tertiary/aromatic N) is 5. The normalized spacial score (nSPS) is 30.5. The van der Waals surface area contributed by atoms with E-state index in [1.807, 2.05) is 11.0 Å². The lowest BCUT2D eigenvalue weighted by atomic mass is 9.94. The summed E-state index contributed by atoms with van der Waals surface area (Å²) in [6, 6.07) is 10.1. The van der Waals surface area contributed by atoms with Gasteiger partial charge in [0.2, 0.25) is 0 Å². The van der Waals surface area contributed by atoms with Crippen LogP contribution in [0.15, 0.2) is 36.4 Å². The van der Waals surface area contributed by atoms with Gasteiger partial charge in [-0.15, -0.1) is 0 Å². The molecule has 11 nitrogen and oxygen atoms in total. The lowest BCUT2D eigenvalue weighted by Crippen LogP contribution is -2.80. The van der Waals surface area contributed by atoms with Crippen LogP contribution in [0.3, 0.4) is 0 Å². The van der Waals surface area contributed by atoms with Gasteiger partial charge >= 0.3 is 11.6 Å². The van der Waals surface area contributed by atoms with Crippen molar-refractivity contribution in [1.29, 1.82) is 5.26 Å². The molecule has 2 N–H and O–H groups in total. The van der Waals surface area contributed by atoms with Crippen molar-refractivity contribution in [2.75, 3.05) is 33.1 Å². The number of nitro benzene ring substituents is 1. The fraction of sp³-hybridized carbons (Fsp3) is 0.350. The van der Waals surface area contributed by atoms with Crippen LogP contribution in [0.4, 0.5) is 5.69 Å². The van der Waals surface area contributed by atoms with E-state index in [1.165, 1.54) is 30.3 Å². The van der Waals surface area contributed by atoms with E-state index in [-0.39, 0.29) is 23.0 Å². The molecule has 0 saturated carbocycles. The van der Waals surface area contributed by atoms with Crippen molar-refractivity contribution in [3.63, 3.8) is 0 Å². The molecule has 4 heterocycles. The van der Waals surface area contributed by atoms with E-state index < -0.39 is 22.3 Å². The molecule has 31 heavy (non-hydrogen) atoms. The molecule has 6 rings (SSSR count). The summed E-state index contributed by atoms with van der Waals surface area (Å²) in [7, 11) is 0. The van der Waals surface area contributed by atoms with E-state index in [2.05, 4.69) is 9.80 Å². The van der Waals surface area contributed by atoms with Gasteiger partial charge in [-0.25, -0.2) is 4.90 Å². The lowest BCUT2D eigenvalue weighted by molar-refractivity contribution is -0.386. The zero-order chi connectivity index (χ0) is 21.8. The van der Waals surface area contributed by atoms with Crippen molar-refractivity contribution < 1.29 is 24.6 Å². The second-order valence-electron chi connectivity index (χ2n) is 7.90. The first-order valence-corrected chi connectivity index (χ1v) is 9.66. The van der Waals surface area contributed by atoms with Crippen LogP contribution in [-0.4, -0.2) is 68.8 Å². The van der Waals surface area contributed by atoms with E-state index >= 15 is 0 Å². The Morgan fingerprint density at radius 2 is 1.65 bits per heavy atom. The molecule has 0 aliphatic carbocycles. The summed E-state index contributed by atoms with van der Waals surface area (Å²) >= 11 is 0. The van der Waals surface area contributed by atoms with Crippen molar-refractivity contribution in [2.24, 2.45) is 5.92 Å². The predicted octanol–water partition coefficient (Wildman–Crippen LogP) is 1.42. The van der Waals surface area contributed by atoms with Crippen LogP contribution in [0.1, 0.15) is 5.56 Å². The summed E-state index contributed by atoms with van der Waals surface area (Å²) in [4.78, 5) is 16.9. The third kappa shape index (κ3) is 3.17. The van der Waals surface area contributed by atoms with Crippen molar-refractivity contribution in [1.82, 2.24) is 14.7 Å². The monoisotopic (exact) mass is 425 g/mol. The molecule has 2 aromatic rings. The molecule has 160 valence electrons. The van der Waals surface area contributed by atoms with Crippen molar-refractivity contribution in [2.45, 2.75) is 5.91 Å². The van der Waals surface area contributed by atoms with Crippen LogP contribution in [-0.2, 0) is 0 Å². The highest BCUT2D eigenvalue weighted by Gasteiger charge is 2.60. The summed E-state index contributed by atoms with van der Waals surface area (Å²) in [5.74, 6) is -1.51. The second kappa shape index (κ2) is 6.98. The van der Waals surface area contributed by atoms with Gasteiger partial charge in [0.25, 0.3) is 0 Å². The Balaban J connectivity index is 1.53. The predicted molar refractivity (Wildman–Crippen MR) is 105 cm³/mol. The van der Waals surface area contributed by atoms with Crippen LogP contribution < -0.4 is 9.47 Å². The SMILES string of the molecule is N#Cc1ccc(OC2(Oc3ccc([N+](=O)[O-])c(O)c3)C3CN4CN(C3)CN2C4)cc1O. The Bertz CT molecular complexity index is 1070. The van der Waals surface area contributed by atoms with Crippen LogP contribution in [0.25, 0.3) is 0 Å². The average molecular weight is 425 g/mol. The summed E-state index contributed by atoms with van der Waals surface area (Å²) in [6.07, 6.45) is 0. The fourth-order valence-corrected chi connectivity index (χ4v) is 4.54. The molecule has 0 amide bonds. The third-order valence-electron chi connectivity index (χ3n) is 5.82. The summed E-state index contributed by atoms with van der Waals surface area (Å²) < 4.78 is 12.7. The summed E-state index contributed by atoms with van der Waals surface area (Å²) in [6.45, 7) is 3.48. The smallest absolute Gasteiger partial charge is 0.323 e. The maximum absolute atomic E-state index is 11.0. The van der Waals surface area contributed by atoms with Gasteiger partial charge in [0.05, 0.1) is 36.4 Å². The zero-order valence-electron chi connectivity index (χ0n) is 16.3. The Morgan fingerprint density at radius 3 is 2.16 bits per heavy atom. The number of benzene rings is 2. The van der Waals surface area contributed by atoms with Gasteiger partial charge < -0.3 is 19.7 Å². The molecule has 2 aromatic carbocycles. The maximum Gasteiger partial charge on any atom is 0.323 e. The van der Waals surface area contributed by atoms with E-state index in [1.54, 1.807) is 6.07 Å². The lowest BCUT2D eigenvalue weighted by Gasteiger charge is -2.62. The molecule has 4 aliphatic rings. The number of hydrogen-bond donors (Lipinski definition) is 2. The average Bonchev–Trinajstić information content (AvgIpc) is 2.71. The zero-order valence-corrected chi connectivity index (χ0v) is 16.3. The van der Waals surface area contributed by atoms with E-state index in [4.69, 9.17) is 14.7 Å². The number of hydrogen-bond acceptors (Lipinski definition) is 10. The van der Waals surface area contributed by atoms with Gasteiger partial charge in [0.15, 0.2) is 5.75 Å². The highest BCUT2D eigenvalue weighted by molar-refractivity contribution is 5.50. The van der Waals surface area contributed by atoms with Crippen LogP contribution in [0.5, 0.6) is 23.0 Å². The number of ether oxygens (including phenoxy) is 2. The van der Waals surface area contributed by atoms with Gasteiger partial charge in [-0.3, -0.25) is 19.9 Å². The molecule has 4 saturated heterocycles. The van der Waals surface area contributed by atoms with E-state index in [0.29, 0.717) is 32.2 Å². The number of aromatic hydroxyl groups is 2. The first-order chi connectivity index (χ1) is 14.9. The van der Waals surface area contributed by atoms with Gasteiger partial charge in [-0.1, -0.05) is 0 Å². The van der Waals surface area contributed by atoms with E-state index in [0.717, 1.165) is 6.67 Å². The Labute approximate surface area is 177 Å². The quantitative estimate of drug-likeness (QED) is 0.411. The molecular formula is C20H19N5O6. The highest BCUT2D eigenvalue weighted by Crippen LogP contribution is 2.43. The highest BCUT2D eigenvalue weighted by atomic mass is 16.7. The maximum atomic E-state index is 11.0. The number of phenols is 2. The molecule has 0 aromatic heterocycles. The Kier molecular flexibility index (Phi) is 4.37. The molecule has 3 unspecified atom stereocenters. The molecule has 4 aliphatic heterocycles. The minimum absolute atomic E-state index is 0.0983. The Morgan fingerprint density at radius 1 is 1.03 bits per heavy atom. The molecule has 4 fully saturated rings. The first-order valence-electron chi connectivity index (χ1n) is 9.66. The number of nitro groups is 1. The Hall–Kier alpha value is -3.59. The largest absolute Gasteiger partial charge is 0.506 e. The van der Waals surface area contributed by atoms with Crippen LogP contribution in [0, 0.1) is 27.4 Å². The minimum Gasteiger partial charge on any atom is -0.506 e. The number of rotatable bonds is 5. The molecule has 4 bridgehead atoms. The van der Waals surface area contributed by atoms with Gasteiger partial charge in [-0.2, -0.15) is 5.26 Å². The van der Waals surface area contributed by atoms with Crippen molar-refractivity contribution >= 4 is 5.69 Å². The summed E-state index contributed by atoms with van der Waals surface area (Å²) in [5, 5.41) is 40.2. The van der Waals surface area contributed by atoms with Gasteiger partial charge in [-0.05, 0) is 18.2 Å². The molecule has 0 radical (unpaired) electrons. The molecule has 0 spiro atoms. The number of phenolic OH excluding ortho intramolecular Hbond substituents is 2. The van der Waals surface area contributed by atoms with Gasteiger partial charge in [0, 0.05) is 31.3 Å². The van der Waals surface area contributed by atoms with Crippen LogP contribution >= 0.6 is 0 Å². The van der Waals surface area contributed by atoms with E-state index in [9.17, 15) is 20.3 Å². The number of nitriles is 1. The topological polar surface area (TPSA) is 136 Å². The third-order valence-corrected chi connectivity index (χ3v) is 5.82. The fourth-order valence-electron chi connectivity index (χ4n) is 4.54. The molecule has 11 heteroatoms.